The molecule has 1 amide bonds. The van der Waals surface area contributed by atoms with E-state index in [1.807, 2.05) is 35.1 Å². The first-order chi connectivity index (χ1) is 11.7. The van der Waals surface area contributed by atoms with Crippen LogP contribution in [0.5, 0.6) is 5.75 Å². The van der Waals surface area contributed by atoms with Crippen LogP contribution in [0.4, 0.5) is 0 Å². The topological polar surface area (TPSA) is 89.3 Å². The van der Waals surface area contributed by atoms with E-state index in [1.54, 1.807) is 12.6 Å². The summed E-state index contributed by atoms with van der Waals surface area (Å²) in [6, 6.07) is 7.75. The van der Waals surface area contributed by atoms with Crippen molar-refractivity contribution in [3.8, 4) is 17.0 Å². The van der Waals surface area contributed by atoms with Gasteiger partial charge in [0.15, 0.2) is 0 Å². The first-order valence-corrected chi connectivity index (χ1v) is 8.20. The summed E-state index contributed by atoms with van der Waals surface area (Å²) in [5.74, 6) is 0.506. The predicted molar refractivity (Wildman–Crippen MR) is 89.6 cm³/mol. The summed E-state index contributed by atoms with van der Waals surface area (Å²) in [5, 5.41) is 16.8. The Morgan fingerprint density at radius 3 is 2.58 bits per heavy atom. The number of nitrogens with zero attached hydrogens (tertiary/aromatic N) is 3. The summed E-state index contributed by atoms with van der Waals surface area (Å²) in [5.41, 5.74) is 3.52. The molecule has 130 valence electrons. The third-order valence-electron chi connectivity index (χ3n) is 3.84. The molecular formula is C17H24N4O3. The number of hydrogen-bond acceptors (Lipinski definition) is 5. The molecule has 1 heterocycles. The number of aryl methyl sites for hydroxylation is 1. The molecule has 2 aromatic rings. The molecule has 1 aromatic carbocycles. The number of rotatable bonds is 10. The van der Waals surface area contributed by atoms with Gasteiger partial charge in [0, 0.05) is 18.5 Å². The zero-order valence-electron chi connectivity index (χ0n) is 13.9. The predicted octanol–water partition coefficient (Wildman–Crippen LogP) is 2.80. The quantitative estimate of drug-likeness (QED) is 0.397. The Bertz CT molecular complexity index is 625. The monoisotopic (exact) mass is 332 g/mol. The Morgan fingerprint density at radius 2 is 1.88 bits per heavy atom. The molecule has 0 saturated carbocycles. The third-order valence-corrected chi connectivity index (χ3v) is 3.84. The van der Waals surface area contributed by atoms with Crippen LogP contribution >= 0.6 is 0 Å². The van der Waals surface area contributed by atoms with Gasteiger partial charge in [-0.1, -0.05) is 24.5 Å². The Labute approximate surface area is 141 Å². The van der Waals surface area contributed by atoms with Gasteiger partial charge >= 0.3 is 0 Å². The fourth-order valence-electron chi connectivity index (χ4n) is 2.45. The zero-order chi connectivity index (χ0) is 17.2. The Morgan fingerprint density at radius 1 is 1.17 bits per heavy atom. The van der Waals surface area contributed by atoms with E-state index in [4.69, 9.17) is 9.94 Å². The third kappa shape index (κ3) is 5.66. The smallest absolute Gasteiger partial charge is 0.243 e. The fourth-order valence-corrected chi connectivity index (χ4v) is 2.45. The van der Waals surface area contributed by atoms with Crippen molar-refractivity contribution in [2.75, 3.05) is 7.11 Å². The zero-order valence-corrected chi connectivity index (χ0v) is 13.9. The Kier molecular flexibility index (Phi) is 7.22. The highest BCUT2D eigenvalue weighted by Gasteiger charge is 2.04. The molecule has 0 aliphatic rings. The summed E-state index contributed by atoms with van der Waals surface area (Å²) in [6.45, 7) is 0.834. The van der Waals surface area contributed by atoms with Crippen molar-refractivity contribution in [3.05, 3.63) is 30.5 Å². The van der Waals surface area contributed by atoms with E-state index in [2.05, 4.69) is 10.3 Å². The second kappa shape index (κ2) is 9.67. The number of ether oxygens (including phenoxy) is 1. The summed E-state index contributed by atoms with van der Waals surface area (Å²) in [4.78, 5) is 10.9. The molecule has 0 atom stereocenters. The molecule has 0 saturated heterocycles. The lowest BCUT2D eigenvalue weighted by Crippen LogP contribution is -2.17. The normalized spacial score (nSPS) is 10.6. The van der Waals surface area contributed by atoms with E-state index in [0.29, 0.717) is 6.42 Å². The standard InChI is InChI=1S/C17H24N4O3/c1-24-15-10-8-14(9-11-15)16-13-21(20-18-16)12-6-4-2-3-5-7-17(22)19-23/h8-11,13,23H,2-7,12H2,1H3,(H,19,22). The lowest BCUT2D eigenvalue weighted by molar-refractivity contribution is -0.129. The van der Waals surface area contributed by atoms with Gasteiger partial charge in [-0.05, 0) is 37.1 Å². The number of amides is 1. The number of carbonyl (C=O) groups excluding carboxylic acids is 1. The molecule has 2 N–H and O–H groups in total. The number of methoxy groups -OCH3 is 1. The number of unbranched alkanes of at least 4 members (excludes halogenated alkanes) is 4. The van der Waals surface area contributed by atoms with Crippen LogP contribution in [0.1, 0.15) is 38.5 Å². The van der Waals surface area contributed by atoms with Gasteiger partial charge in [-0.3, -0.25) is 14.7 Å². The number of hydroxylamine groups is 1. The van der Waals surface area contributed by atoms with Gasteiger partial charge < -0.3 is 4.74 Å². The van der Waals surface area contributed by atoms with Crippen molar-refractivity contribution in [1.82, 2.24) is 20.5 Å². The van der Waals surface area contributed by atoms with Gasteiger partial charge in [-0.15, -0.1) is 5.10 Å². The van der Waals surface area contributed by atoms with E-state index in [9.17, 15) is 4.79 Å². The largest absolute Gasteiger partial charge is 0.497 e. The number of carbonyl (C=O) groups is 1. The molecule has 7 nitrogen and oxygen atoms in total. The molecule has 7 heteroatoms. The fraction of sp³-hybridized carbons (Fsp3) is 0.471. The van der Waals surface area contributed by atoms with E-state index >= 15 is 0 Å². The first kappa shape index (κ1) is 17.9. The molecule has 0 fully saturated rings. The molecule has 24 heavy (non-hydrogen) atoms. The maximum atomic E-state index is 10.9. The van der Waals surface area contributed by atoms with E-state index < -0.39 is 0 Å². The summed E-state index contributed by atoms with van der Waals surface area (Å²) < 4.78 is 7.01. The number of hydrogen-bond donors (Lipinski definition) is 2. The molecule has 0 spiro atoms. The van der Waals surface area contributed by atoms with Gasteiger partial charge in [0.25, 0.3) is 0 Å². The lowest BCUT2D eigenvalue weighted by Gasteiger charge is -2.02. The van der Waals surface area contributed by atoms with Crippen LogP contribution < -0.4 is 10.2 Å². The molecule has 2 rings (SSSR count). The minimum Gasteiger partial charge on any atom is -0.497 e. The van der Waals surface area contributed by atoms with E-state index in [1.165, 1.54) is 0 Å². The Balaban J connectivity index is 1.67. The van der Waals surface area contributed by atoms with Crippen LogP contribution in [-0.2, 0) is 11.3 Å². The van der Waals surface area contributed by atoms with Crippen molar-refractivity contribution >= 4 is 5.91 Å². The average molecular weight is 332 g/mol. The first-order valence-electron chi connectivity index (χ1n) is 8.20. The van der Waals surface area contributed by atoms with Crippen LogP contribution in [0.3, 0.4) is 0 Å². The highest BCUT2D eigenvalue weighted by molar-refractivity contribution is 5.74. The van der Waals surface area contributed by atoms with Crippen LogP contribution in [0.2, 0.25) is 0 Å². The van der Waals surface area contributed by atoms with Crippen LogP contribution in [0.25, 0.3) is 11.3 Å². The molecule has 0 radical (unpaired) electrons. The second-order valence-electron chi connectivity index (χ2n) is 5.65. The Hall–Kier alpha value is -2.41. The lowest BCUT2D eigenvalue weighted by atomic mass is 10.1. The summed E-state index contributed by atoms with van der Waals surface area (Å²) in [6.07, 6.45) is 7.30. The number of benzene rings is 1. The maximum Gasteiger partial charge on any atom is 0.243 e. The average Bonchev–Trinajstić information content (AvgIpc) is 3.09. The van der Waals surface area contributed by atoms with Crippen molar-refractivity contribution in [1.29, 1.82) is 0 Å². The minimum atomic E-state index is -0.316. The van der Waals surface area contributed by atoms with Gasteiger partial charge in [0.05, 0.1) is 13.3 Å². The van der Waals surface area contributed by atoms with Gasteiger partial charge in [-0.25, -0.2) is 5.48 Å². The summed E-state index contributed by atoms with van der Waals surface area (Å²) >= 11 is 0. The molecule has 0 bridgehead atoms. The van der Waals surface area contributed by atoms with Gasteiger partial charge in [-0.2, -0.15) is 0 Å². The van der Waals surface area contributed by atoms with Crippen molar-refractivity contribution in [2.24, 2.45) is 0 Å². The molecule has 1 aromatic heterocycles. The number of aromatic nitrogens is 3. The van der Waals surface area contributed by atoms with Crippen molar-refractivity contribution in [3.63, 3.8) is 0 Å². The van der Waals surface area contributed by atoms with Crippen molar-refractivity contribution in [2.45, 2.75) is 45.1 Å². The van der Waals surface area contributed by atoms with Gasteiger partial charge in [0.2, 0.25) is 5.91 Å². The van der Waals surface area contributed by atoms with Crippen LogP contribution in [0.15, 0.2) is 30.5 Å². The van der Waals surface area contributed by atoms with Crippen LogP contribution in [0, 0.1) is 0 Å². The SMILES string of the molecule is COc1ccc(-c2cn(CCCCCCCC(=O)NO)nn2)cc1. The highest BCUT2D eigenvalue weighted by atomic mass is 16.5. The van der Waals surface area contributed by atoms with Gasteiger partial charge in [0.1, 0.15) is 11.4 Å². The second-order valence-corrected chi connectivity index (χ2v) is 5.65. The molecule has 0 unspecified atom stereocenters. The van der Waals surface area contributed by atoms with E-state index in [0.717, 1.165) is 55.7 Å². The minimum absolute atomic E-state index is 0.316. The molecular weight excluding hydrogens is 308 g/mol. The number of nitrogens with one attached hydrogen (secondary N) is 1. The molecule has 0 aliphatic heterocycles. The molecule has 0 aliphatic carbocycles. The van der Waals surface area contributed by atoms with Crippen LogP contribution in [-0.4, -0.2) is 33.2 Å². The summed E-state index contributed by atoms with van der Waals surface area (Å²) in [7, 11) is 1.65. The van der Waals surface area contributed by atoms with E-state index in [-0.39, 0.29) is 5.91 Å². The van der Waals surface area contributed by atoms with Crippen molar-refractivity contribution < 1.29 is 14.7 Å². The highest BCUT2D eigenvalue weighted by Crippen LogP contribution is 2.20. The maximum absolute atomic E-state index is 10.9.